The van der Waals surface area contributed by atoms with E-state index in [9.17, 15) is 4.79 Å². The van der Waals surface area contributed by atoms with Gasteiger partial charge in [-0.1, -0.05) is 80.6 Å². The van der Waals surface area contributed by atoms with Crippen LogP contribution in [0.25, 0.3) is 6.08 Å². The number of rotatable bonds is 7. The molecule has 0 aliphatic rings. The maximum atomic E-state index is 11.6. The Balaban J connectivity index is 1.64. The molecule has 2 aromatic carbocycles. The molecule has 2 aromatic rings. The van der Waals surface area contributed by atoms with Crippen LogP contribution in [0, 0.1) is 0 Å². The van der Waals surface area contributed by atoms with Crippen molar-refractivity contribution >= 4 is 12.2 Å². The fourth-order valence-electron chi connectivity index (χ4n) is 2.24. The molecule has 0 saturated carbocycles. The average Bonchev–Trinajstić information content (AvgIpc) is 2.61. The highest BCUT2D eigenvalue weighted by atomic mass is 16.5. The van der Waals surface area contributed by atoms with Gasteiger partial charge in [0.15, 0.2) is 0 Å². The van der Waals surface area contributed by atoms with Crippen LogP contribution in [0.2, 0.25) is 0 Å². The molecule has 126 valence electrons. The number of carbonyl (C=O) groups excluding carboxylic acids is 1. The Labute approximate surface area is 144 Å². The van der Waals surface area contributed by atoms with E-state index in [-0.39, 0.29) is 6.09 Å². The van der Waals surface area contributed by atoms with E-state index in [1.807, 2.05) is 30.3 Å². The molecule has 0 aliphatic heterocycles. The van der Waals surface area contributed by atoms with Crippen LogP contribution in [0.4, 0.5) is 4.79 Å². The monoisotopic (exact) mass is 323 g/mol. The third-order valence-corrected chi connectivity index (χ3v) is 3.71. The predicted molar refractivity (Wildman–Crippen MR) is 98.8 cm³/mol. The van der Waals surface area contributed by atoms with E-state index in [4.69, 9.17) is 4.74 Å². The zero-order valence-electron chi connectivity index (χ0n) is 14.4. The Morgan fingerprint density at radius 1 is 1.08 bits per heavy atom. The molecule has 0 spiro atoms. The van der Waals surface area contributed by atoms with Crippen molar-refractivity contribution in [3.63, 3.8) is 0 Å². The van der Waals surface area contributed by atoms with Gasteiger partial charge in [-0.3, -0.25) is 0 Å². The summed E-state index contributed by atoms with van der Waals surface area (Å²) in [6, 6.07) is 18.2. The minimum Gasteiger partial charge on any atom is -0.445 e. The van der Waals surface area contributed by atoms with Crippen LogP contribution in [0.1, 0.15) is 42.9 Å². The molecule has 1 amide bonds. The molecule has 0 fully saturated rings. The molecular formula is C21H25NO2. The van der Waals surface area contributed by atoms with Crippen molar-refractivity contribution < 1.29 is 9.53 Å². The molecule has 24 heavy (non-hydrogen) atoms. The first-order valence-corrected chi connectivity index (χ1v) is 8.36. The minimum absolute atomic E-state index is 0.296. The lowest BCUT2D eigenvalue weighted by Gasteiger charge is -2.06. The second-order valence-corrected chi connectivity index (χ2v) is 6.00. The van der Waals surface area contributed by atoms with Crippen LogP contribution in [0.3, 0.4) is 0 Å². The third kappa shape index (κ3) is 6.29. The first-order valence-electron chi connectivity index (χ1n) is 8.36. The van der Waals surface area contributed by atoms with Crippen molar-refractivity contribution in [2.75, 3.05) is 6.54 Å². The summed E-state index contributed by atoms with van der Waals surface area (Å²) >= 11 is 0. The van der Waals surface area contributed by atoms with Gasteiger partial charge in [0.2, 0.25) is 0 Å². The highest BCUT2D eigenvalue weighted by Crippen LogP contribution is 2.15. The smallest absolute Gasteiger partial charge is 0.407 e. The molecule has 3 heteroatoms. The standard InChI is InChI=1S/C21H25NO2/c1-17(2)20-13-11-18(12-14-20)8-6-7-15-22-21(23)24-16-19-9-4-3-5-10-19/h3-6,8-14,17H,7,15-16H2,1-2H3,(H,22,23). The number of ether oxygens (including phenoxy) is 1. The fourth-order valence-corrected chi connectivity index (χ4v) is 2.24. The summed E-state index contributed by atoms with van der Waals surface area (Å²) in [5, 5.41) is 2.75. The molecule has 2 rings (SSSR count). The van der Waals surface area contributed by atoms with Crippen molar-refractivity contribution in [2.45, 2.75) is 32.8 Å². The molecule has 1 N–H and O–H groups in total. The van der Waals surface area contributed by atoms with Gasteiger partial charge in [0.25, 0.3) is 0 Å². The normalized spacial score (nSPS) is 11.0. The average molecular weight is 323 g/mol. The van der Waals surface area contributed by atoms with Crippen LogP contribution >= 0.6 is 0 Å². The van der Waals surface area contributed by atoms with Gasteiger partial charge in [0.05, 0.1) is 0 Å². The van der Waals surface area contributed by atoms with Crippen LogP contribution in [0.5, 0.6) is 0 Å². The lowest BCUT2D eigenvalue weighted by atomic mass is 10.0. The Morgan fingerprint density at radius 2 is 1.79 bits per heavy atom. The number of hydrogen-bond donors (Lipinski definition) is 1. The summed E-state index contributed by atoms with van der Waals surface area (Å²) in [5.74, 6) is 0.550. The topological polar surface area (TPSA) is 38.3 Å². The summed E-state index contributed by atoms with van der Waals surface area (Å²) in [7, 11) is 0. The van der Waals surface area contributed by atoms with E-state index < -0.39 is 0 Å². The van der Waals surface area contributed by atoms with E-state index in [1.54, 1.807) is 0 Å². The zero-order chi connectivity index (χ0) is 17.2. The number of carbonyl (C=O) groups is 1. The van der Waals surface area contributed by atoms with Gasteiger partial charge in [-0.15, -0.1) is 0 Å². The van der Waals surface area contributed by atoms with E-state index in [0.29, 0.717) is 19.1 Å². The number of alkyl carbamates (subject to hydrolysis) is 1. The summed E-state index contributed by atoms with van der Waals surface area (Å²) in [6.45, 7) is 5.24. The van der Waals surface area contributed by atoms with Gasteiger partial charge in [0.1, 0.15) is 6.61 Å². The third-order valence-electron chi connectivity index (χ3n) is 3.71. The quantitative estimate of drug-likeness (QED) is 0.716. The molecule has 0 bridgehead atoms. The molecule has 0 atom stereocenters. The lowest BCUT2D eigenvalue weighted by molar-refractivity contribution is 0.140. The van der Waals surface area contributed by atoms with Crippen LogP contribution < -0.4 is 5.32 Å². The first kappa shape index (κ1) is 17.8. The maximum absolute atomic E-state index is 11.6. The predicted octanol–water partition coefficient (Wildman–Crippen LogP) is 5.14. The molecule has 0 radical (unpaired) electrons. The summed E-state index contributed by atoms with van der Waals surface area (Å²) in [5.41, 5.74) is 3.50. The second-order valence-electron chi connectivity index (χ2n) is 6.00. The van der Waals surface area contributed by atoms with E-state index in [2.05, 4.69) is 55.6 Å². The molecule has 0 aliphatic carbocycles. The number of amides is 1. The number of hydrogen-bond acceptors (Lipinski definition) is 2. The zero-order valence-corrected chi connectivity index (χ0v) is 14.4. The van der Waals surface area contributed by atoms with Gasteiger partial charge >= 0.3 is 6.09 Å². The molecule has 0 saturated heterocycles. The Morgan fingerprint density at radius 3 is 2.46 bits per heavy atom. The Bertz CT molecular complexity index is 645. The van der Waals surface area contributed by atoms with E-state index in [0.717, 1.165) is 12.0 Å². The SMILES string of the molecule is CC(C)c1ccc(C=CCCNC(=O)OCc2ccccc2)cc1. The lowest BCUT2D eigenvalue weighted by Crippen LogP contribution is -2.24. The number of nitrogens with one attached hydrogen (secondary N) is 1. The minimum atomic E-state index is -0.381. The fraction of sp³-hybridized carbons (Fsp3) is 0.286. The summed E-state index contributed by atoms with van der Waals surface area (Å²) < 4.78 is 5.15. The van der Waals surface area contributed by atoms with E-state index in [1.165, 1.54) is 11.1 Å². The second kappa shape index (κ2) is 9.56. The van der Waals surface area contributed by atoms with Gasteiger partial charge < -0.3 is 10.1 Å². The maximum Gasteiger partial charge on any atom is 0.407 e. The van der Waals surface area contributed by atoms with Crippen molar-refractivity contribution in [3.8, 4) is 0 Å². The molecule has 0 unspecified atom stereocenters. The van der Waals surface area contributed by atoms with Crippen LogP contribution in [0.15, 0.2) is 60.7 Å². The Kier molecular flexibility index (Phi) is 7.09. The van der Waals surface area contributed by atoms with E-state index >= 15 is 0 Å². The number of benzene rings is 2. The highest BCUT2D eigenvalue weighted by molar-refractivity contribution is 5.67. The van der Waals surface area contributed by atoms with Crippen molar-refractivity contribution in [1.29, 1.82) is 0 Å². The largest absolute Gasteiger partial charge is 0.445 e. The first-order chi connectivity index (χ1) is 11.6. The van der Waals surface area contributed by atoms with Crippen molar-refractivity contribution in [2.24, 2.45) is 0 Å². The van der Waals surface area contributed by atoms with Crippen LogP contribution in [-0.2, 0) is 11.3 Å². The summed E-state index contributed by atoms with van der Waals surface area (Å²) in [4.78, 5) is 11.6. The van der Waals surface area contributed by atoms with Gasteiger partial charge in [0, 0.05) is 6.54 Å². The van der Waals surface area contributed by atoms with Gasteiger partial charge in [-0.05, 0) is 29.0 Å². The van der Waals surface area contributed by atoms with Gasteiger partial charge in [-0.2, -0.15) is 0 Å². The van der Waals surface area contributed by atoms with Crippen molar-refractivity contribution in [3.05, 3.63) is 77.4 Å². The van der Waals surface area contributed by atoms with Gasteiger partial charge in [-0.25, -0.2) is 4.79 Å². The molecule has 0 heterocycles. The Hall–Kier alpha value is -2.55. The summed E-state index contributed by atoms with van der Waals surface area (Å²) in [6.07, 6.45) is 4.52. The van der Waals surface area contributed by atoms with Crippen molar-refractivity contribution in [1.82, 2.24) is 5.32 Å². The highest BCUT2D eigenvalue weighted by Gasteiger charge is 2.01. The van der Waals surface area contributed by atoms with Crippen LogP contribution in [-0.4, -0.2) is 12.6 Å². The molecule has 0 aromatic heterocycles. The molecule has 3 nitrogen and oxygen atoms in total. The molecular weight excluding hydrogens is 298 g/mol.